The molecule has 0 aliphatic heterocycles. The normalized spacial score (nSPS) is 27.2. The van der Waals surface area contributed by atoms with Gasteiger partial charge in [0.25, 0.3) is 0 Å². The summed E-state index contributed by atoms with van der Waals surface area (Å²) in [7, 11) is 0. The number of nitrogens with two attached hydrogens (primary N) is 1. The number of hydrogen-bond donors (Lipinski definition) is 3. The first-order valence-electron chi connectivity index (χ1n) is 8.26. The summed E-state index contributed by atoms with van der Waals surface area (Å²) in [5.74, 6) is -0.875. The lowest BCUT2D eigenvalue weighted by atomic mass is 9.61. The summed E-state index contributed by atoms with van der Waals surface area (Å²) in [6.45, 7) is 11.2. The number of alkyl carbamates (subject to hydrolysis) is 1. The van der Waals surface area contributed by atoms with Crippen molar-refractivity contribution in [2.24, 2.45) is 16.6 Å². The van der Waals surface area contributed by atoms with Gasteiger partial charge >= 0.3 is 12.1 Å². The molecule has 6 nitrogen and oxygen atoms in total. The molecule has 1 saturated carbocycles. The Hall–Kier alpha value is -1.30. The Kier molecular flexibility index (Phi) is 5.73. The van der Waals surface area contributed by atoms with Gasteiger partial charge in [0, 0.05) is 6.04 Å². The summed E-state index contributed by atoms with van der Waals surface area (Å²) in [6, 6.07) is -0.500. The number of carbonyl (C=O) groups is 2. The van der Waals surface area contributed by atoms with E-state index in [2.05, 4.69) is 5.32 Å². The molecule has 0 aromatic heterocycles. The van der Waals surface area contributed by atoms with Gasteiger partial charge < -0.3 is 20.9 Å². The van der Waals surface area contributed by atoms with Gasteiger partial charge in [-0.25, -0.2) is 4.79 Å². The van der Waals surface area contributed by atoms with E-state index in [1.54, 1.807) is 20.8 Å². The lowest BCUT2D eigenvalue weighted by molar-refractivity contribution is -0.156. The number of hydrogen-bond acceptors (Lipinski definition) is 4. The summed E-state index contributed by atoms with van der Waals surface area (Å²) >= 11 is 0. The van der Waals surface area contributed by atoms with E-state index in [0.717, 1.165) is 0 Å². The Morgan fingerprint density at radius 3 is 2.00 bits per heavy atom. The van der Waals surface area contributed by atoms with Crippen molar-refractivity contribution in [2.75, 3.05) is 0 Å². The molecule has 0 radical (unpaired) electrons. The third-order valence-corrected chi connectivity index (χ3v) is 4.43. The number of nitrogens with one attached hydrogen (secondary N) is 1. The molecular weight excluding hydrogens is 296 g/mol. The average molecular weight is 328 g/mol. The summed E-state index contributed by atoms with van der Waals surface area (Å²) < 4.78 is 5.33. The molecule has 1 rings (SSSR count). The second-order valence-electron chi connectivity index (χ2n) is 8.74. The van der Waals surface area contributed by atoms with Gasteiger partial charge in [-0.05, 0) is 51.9 Å². The molecule has 1 atom stereocenters. The maximum Gasteiger partial charge on any atom is 0.407 e. The van der Waals surface area contributed by atoms with Crippen LogP contribution in [0.4, 0.5) is 4.79 Å². The molecule has 23 heavy (non-hydrogen) atoms. The fourth-order valence-electron chi connectivity index (χ4n) is 3.39. The van der Waals surface area contributed by atoms with Gasteiger partial charge in [-0.3, -0.25) is 4.79 Å². The number of ether oxygens (including phenoxy) is 1. The minimum absolute atomic E-state index is 0.0321. The summed E-state index contributed by atoms with van der Waals surface area (Å²) in [4.78, 5) is 24.3. The molecule has 0 saturated heterocycles. The highest BCUT2D eigenvalue weighted by Gasteiger charge is 2.52. The minimum Gasteiger partial charge on any atom is -0.481 e. The van der Waals surface area contributed by atoms with Crippen molar-refractivity contribution >= 4 is 12.1 Å². The van der Waals surface area contributed by atoms with Crippen molar-refractivity contribution in [3.63, 3.8) is 0 Å². The third-order valence-electron chi connectivity index (χ3n) is 4.43. The van der Waals surface area contributed by atoms with Gasteiger partial charge in [0.1, 0.15) is 5.60 Å². The molecule has 0 bridgehead atoms. The van der Waals surface area contributed by atoms with Crippen LogP contribution in [-0.4, -0.2) is 34.9 Å². The predicted octanol–water partition coefficient (Wildman–Crippen LogP) is 2.90. The van der Waals surface area contributed by atoms with Gasteiger partial charge in [0.05, 0.1) is 11.5 Å². The summed E-state index contributed by atoms with van der Waals surface area (Å²) in [6.07, 6.45) is 1.64. The lowest BCUT2D eigenvalue weighted by Crippen LogP contribution is -2.60. The number of aliphatic carboxylic acids is 1. The van der Waals surface area contributed by atoms with Crippen LogP contribution in [-0.2, 0) is 9.53 Å². The fraction of sp³-hybridized carbons (Fsp3) is 0.882. The molecule has 1 fully saturated rings. The first-order chi connectivity index (χ1) is 10.3. The number of carboxylic acid groups (broad SMARTS) is 1. The zero-order chi connectivity index (χ0) is 18.1. The van der Waals surface area contributed by atoms with Crippen molar-refractivity contribution in [3.05, 3.63) is 0 Å². The fourth-order valence-corrected chi connectivity index (χ4v) is 3.39. The van der Waals surface area contributed by atoms with Gasteiger partial charge in [-0.1, -0.05) is 20.8 Å². The molecular formula is C17H32N2O4. The highest BCUT2D eigenvalue weighted by atomic mass is 16.6. The van der Waals surface area contributed by atoms with Crippen LogP contribution in [0.1, 0.15) is 67.2 Å². The van der Waals surface area contributed by atoms with Crippen LogP contribution in [0.5, 0.6) is 0 Å². The topological polar surface area (TPSA) is 102 Å². The van der Waals surface area contributed by atoms with E-state index in [9.17, 15) is 14.7 Å². The number of carboxylic acids is 1. The molecule has 134 valence electrons. The molecule has 0 aromatic rings. The molecule has 1 amide bonds. The molecule has 0 heterocycles. The molecule has 0 spiro atoms. The van der Waals surface area contributed by atoms with Gasteiger partial charge in [-0.2, -0.15) is 0 Å². The maximum absolute atomic E-state index is 12.2. The first kappa shape index (κ1) is 19.7. The SMILES string of the molecule is CC(C)(C)OC(=O)NC(C(C)(C)C)C1(C(=O)O)CCC(N)CC1. The van der Waals surface area contributed by atoms with Crippen molar-refractivity contribution in [1.29, 1.82) is 0 Å². The molecule has 1 unspecified atom stereocenters. The Bertz CT molecular complexity index is 440. The van der Waals surface area contributed by atoms with Crippen LogP contribution < -0.4 is 11.1 Å². The van der Waals surface area contributed by atoms with Crippen LogP contribution >= 0.6 is 0 Å². The molecule has 6 heteroatoms. The van der Waals surface area contributed by atoms with Crippen LogP contribution in [0.3, 0.4) is 0 Å². The highest BCUT2D eigenvalue weighted by Crippen LogP contribution is 2.45. The van der Waals surface area contributed by atoms with Gasteiger partial charge in [0.2, 0.25) is 0 Å². The zero-order valence-electron chi connectivity index (χ0n) is 15.2. The van der Waals surface area contributed by atoms with Crippen molar-refractivity contribution in [1.82, 2.24) is 5.32 Å². The second-order valence-corrected chi connectivity index (χ2v) is 8.74. The van der Waals surface area contributed by atoms with E-state index in [1.807, 2.05) is 20.8 Å². The zero-order valence-corrected chi connectivity index (χ0v) is 15.2. The molecule has 1 aliphatic carbocycles. The minimum atomic E-state index is -1.01. The van der Waals surface area contributed by atoms with E-state index in [-0.39, 0.29) is 6.04 Å². The Balaban J connectivity index is 3.08. The van der Waals surface area contributed by atoms with E-state index < -0.39 is 34.5 Å². The van der Waals surface area contributed by atoms with E-state index in [0.29, 0.717) is 25.7 Å². The van der Waals surface area contributed by atoms with Crippen molar-refractivity contribution in [3.8, 4) is 0 Å². The Labute approximate surface area is 139 Å². The van der Waals surface area contributed by atoms with Crippen molar-refractivity contribution < 1.29 is 19.4 Å². The van der Waals surface area contributed by atoms with Gasteiger partial charge in [0.15, 0.2) is 0 Å². The largest absolute Gasteiger partial charge is 0.481 e. The standard InChI is InChI=1S/C17H32N2O4/c1-15(2,3)12(19-14(22)23-16(4,5)6)17(13(20)21)9-7-11(18)8-10-17/h11-12H,7-10,18H2,1-6H3,(H,19,22)(H,20,21). The third kappa shape index (κ3) is 5.09. The van der Waals surface area contributed by atoms with Crippen LogP contribution in [0, 0.1) is 10.8 Å². The molecule has 4 N–H and O–H groups in total. The van der Waals surface area contributed by atoms with Gasteiger partial charge in [-0.15, -0.1) is 0 Å². The number of carbonyl (C=O) groups excluding carboxylic acids is 1. The maximum atomic E-state index is 12.2. The van der Waals surface area contributed by atoms with E-state index in [1.165, 1.54) is 0 Å². The molecule has 0 aromatic carbocycles. The van der Waals surface area contributed by atoms with Crippen LogP contribution in [0.15, 0.2) is 0 Å². The number of rotatable bonds is 3. The predicted molar refractivity (Wildman–Crippen MR) is 89.1 cm³/mol. The first-order valence-corrected chi connectivity index (χ1v) is 8.26. The number of amides is 1. The Morgan fingerprint density at radius 1 is 1.17 bits per heavy atom. The highest BCUT2D eigenvalue weighted by molar-refractivity contribution is 5.78. The monoisotopic (exact) mass is 328 g/mol. The summed E-state index contributed by atoms with van der Waals surface area (Å²) in [5.41, 5.74) is 3.89. The quantitative estimate of drug-likeness (QED) is 0.739. The van der Waals surface area contributed by atoms with E-state index in [4.69, 9.17) is 10.5 Å². The van der Waals surface area contributed by atoms with Crippen LogP contribution in [0.2, 0.25) is 0 Å². The molecule has 1 aliphatic rings. The average Bonchev–Trinajstić information content (AvgIpc) is 2.34. The Morgan fingerprint density at radius 2 is 1.65 bits per heavy atom. The van der Waals surface area contributed by atoms with E-state index >= 15 is 0 Å². The van der Waals surface area contributed by atoms with Crippen LogP contribution in [0.25, 0.3) is 0 Å². The second kappa shape index (κ2) is 6.67. The smallest absolute Gasteiger partial charge is 0.407 e. The lowest BCUT2D eigenvalue weighted by Gasteiger charge is -2.47. The summed E-state index contributed by atoms with van der Waals surface area (Å²) in [5, 5.41) is 12.8. The van der Waals surface area contributed by atoms with Crippen molar-refractivity contribution in [2.45, 2.75) is 84.9 Å².